The van der Waals surface area contributed by atoms with Crippen molar-refractivity contribution in [2.45, 2.75) is 43.9 Å². The second-order valence-electron chi connectivity index (χ2n) is 8.57. The van der Waals surface area contributed by atoms with Crippen molar-refractivity contribution in [3.05, 3.63) is 23.3 Å². The molecule has 5 heteroatoms. The number of ether oxygens (including phenoxy) is 4. The van der Waals surface area contributed by atoms with Gasteiger partial charge in [0.15, 0.2) is 13.1 Å². The van der Waals surface area contributed by atoms with Crippen molar-refractivity contribution in [3.63, 3.8) is 0 Å². The van der Waals surface area contributed by atoms with Gasteiger partial charge in [-0.25, -0.2) is 0 Å². The molecular weight excluding hydrogens is 344 g/mol. The Morgan fingerprint density at radius 3 is 2.22 bits per heavy atom. The van der Waals surface area contributed by atoms with Crippen LogP contribution in [0.5, 0.6) is 11.5 Å². The lowest BCUT2D eigenvalue weighted by molar-refractivity contribution is -0.00964. The highest BCUT2D eigenvalue weighted by molar-refractivity contribution is 5.81. The van der Waals surface area contributed by atoms with E-state index in [1.54, 1.807) is 14.2 Å². The molecule has 4 aliphatic rings. The summed E-state index contributed by atoms with van der Waals surface area (Å²) < 4.78 is 21.8. The first-order chi connectivity index (χ1) is 13.2. The molecule has 0 unspecified atom stereocenters. The first-order valence-electron chi connectivity index (χ1n) is 10.0. The summed E-state index contributed by atoms with van der Waals surface area (Å²) in [5, 5.41) is 0. The maximum absolute atomic E-state index is 11.8. The van der Waals surface area contributed by atoms with E-state index in [0.717, 1.165) is 29.8 Å². The predicted octanol–water partition coefficient (Wildman–Crippen LogP) is 3.97. The van der Waals surface area contributed by atoms with Crippen molar-refractivity contribution in [1.82, 2.24) is 0 Å². The van der Waals surface area contributed by atoms with Crippen LogP contribution < -0.4 is 9.47 Å². The molecule has 0 aromatic heterocycles. The topological polar surface area (TPSA) is 54.0 Å². The van der Waals surface area contributed by atoms with Crippen molar-refractivity contribution in [3.8, 4) is 11.5 Å². The number of benzene rings is 1. The molecule has 148 valence electrons. The van der Waals surface area contributed by atoms with E-state index in [1.807, 2.05) is 12.1 Å². The number of aldehydes is 1. The summed E-state index contributed by atoms with van der Waals surface area (Å²) in [4.78, 5) is 11.8. The van der Waals surface area contributed by atoms with Crippen molar-refractivity contribution >= 4 is 6.29 Å². The average Bonchev–Trinajstić information content (AvgIpc) is 2.66. The molecule has 1 aromatic carbocycles. The van der Waals surface area contributed by atoms with E-state index < -0.39 is 0 Å². The summed E-state index contributed by atoms with van der Waals surface area (Å²) in [6, 6.07) is 3.89. The van der Waals surface area contributed by atoms with E-state index >= 15 is 0 Å². The highest BCUT2D eigenvalue weighted by atomic mass is 16.7. The number of hydrogen-bond donors (Lipinski definition) is 0. The fourth-order valence-electron chi connectivity index (χ4n) is 6.13. The van der Waals surface area contributed by atoms with Crippen LogP contribution in [0.15, 0.2) is 12.1 Å². The Hall–Kier alpha value is -1.59. The molecule has 4 bridgehead atoms. The van der Waals surface area contributed by atoms with Crippen molar-refractivity contribution in [2.24, 2.45) is 17.8 Å². The van der Waals surface area contributed by atoms with E-state index in [9.17, 15) is 4.79 Å². The molecule has 0 atom stereocenters. The lowest BCUT2D eigenvalue weighted by Gasteiger charge is -2.57. The summed E-state index contributed by atoms with van der Waals surface area (Å²) in [5.41, 5.74) is 1.96. The third-order valence-electron chi connectivity index (χ3n) is 6.80. The minimum Gasteiger partial charge on any atom is -0.496 e. The number of carbonyl (C=O) groups excluding carboxylic acids is 1. The fraction of sp³-hybridized carbons (Fsp3) is 0.682. The van der Waals surface area contributed by atoms with Gasteiger partial charge in [0.2, 0.25) is 0 Å². The standard InChI is InChI=1S/C22H30O5/c1-24-3-4-26-14-27-20-9-21(25-2)19(8-18(20)13-23)22-10-15-5-16(11-22)7-17(6-15)12-22/h8-9,13,15-17H,3-7,10-12,14H2,1-2H3. The van der Waals surface area contributed by atoms with Gasteiger partial charge >= 0.3 is 0 Å². The van der Waals surface area contributed by atoms with Crippen LogP contribution in [0.3, 0.4) is 0 Å². The van der Waals surface area contributed by atoms with Gasteiger partial charge in [-0.05, 0) is 67.8 Å². The second kappa shape index (κ2) is 7.80. The summed E-state index contributed by atoms with van der Waals surface area (Å²) >= 11 is 0. The molecule has 0 N–H and O–H groups in total. The number of methoxy groups -OCH3 is 2. The Balaban J connectivity index is 1.59. The Morgan fingerprint density at radius 1 is 1.00 bits per heavy atom. The van der Waals surface area contributed by atoms with Crippen LogP contribution in [-0.2, 0) is 14.9 Å². The third kappa shape index (κ3) is 3.59. The molecule has 1 aromatic rings. The zero-order valence-electron chi connectivity index (χ0n) is 16.4. The second-order valence-corrected chi connectivity index (χ2v) is 8.57. The largest absolute Gasteiger partial charge is 0.496 e. The Kier molecular flexibility index (Phi) is 5.42. The maximum Gasteiger partial charge on any atom is 0.189 e. The van der Waals surface area contributed by atoms with Crippen LogP contribution in [0.4, 0.5) is 0 Å². The zero-order chi connectivity index (χ0) is 18.9. The molecule has 4 fully saturated rings. The molecule has 5 rings (SSSR count). The van der Waals surface area contributed by atoms with E-state index in [1.165, 1.54) is 44.1 Å². The van der Waals surface area contributed by atoms with Crippen molar-refractivity contribution in [1.29, 1.82) is 0 Å². The minimum absolute atomic E-state index is 0.0874. The smallest absolute Gasteiger partial charge is 0.189 e. The Bertz CT molecular complexity index is 648. The molecule has 5 nitrogen and oxygen atoms in total. The van der Waals surface area contributed by atoms with Gasteiger partial charge in [0.25, 0.3) is 0 Å². The van der Waals surface area contributed by atoms with Crippen LogP contribution >= 0.6 is 0 Å². The van der Waals surface area contributed by atoms with Gasteiger partial charge in [-0.2, -0.15) is 0 Å². The SMILES string of the molecule is COCCOCOc1cc(OC)c(C23CC4CC(CC(C4)C2)C3)cc1C=O. The molecule has 4 saturated carbocycles. The van der Waals surface area contributed by atoms with Crippen LogP contribution in [-0.4, -0.2) is 40.5 Å². The quantitative estimate of drug-likeness (QED) is 0.372. The normalized spacial score (nSPS) is 31.1. The summed E-state index contributed by atoms with van der Waals surface area (Å²) in [5.74, 6) is 3.88. The molecule has 0 saturated heterocycles. The molecule has 0 amide bonds. The van der Waals surface area contributed by atoms with E-state index in [4.69, 9.17) is 18.9 Å². The zero-order valence-corrected chi connectivity index (χ0v) is 16.4. The van der Waals surface area contributed by atoms with E-state index in [-0.39, 0.29) is 12.2 Å². The van der Waals surface area contributed by atoms with Crippen LogP contribution in [0, 0.1) is 17.8 Å². The van der Waals surface area contributed by atoms with Gasteiger partial charge in [0.05, 0.1) is 25.9 Å². The van der Waals surface area contributed by atoms with E-state index in [0.29, 0.717) is 24.5 Å². The molecular formula is C22H30O5. The molecule has 4 aliphatic carbocycles. The van der Waals surface area contributed by atoms with Gasteiger partial charge in [-0.15, -0.1) is 0 Å². The Morgan fingerprint density at radius 2 is 1.67 bits per heavy atom. The van der Waals surface area contributed by atoms with Crippen LogP contribution in [0.25, 0.3) is 0 Å². The Labute approximate surface area is 161 Å². The third-order valence-corrected chi connectivity index (χ3v) is 6.80. The molecule has 0 radical (unpaired) electrons. The van der Waals surface area contributed by atoms with Crippen LogP contribution in [0.1, 0.15) is 54.4 Å². The first kappa shape index (κ1) is 18.8. The first-order valence-corrected chi connectivity index (χ1v) is 10.0. The van der Waals surface area contributed by atoms with Gasteiger partial charge < -0.3 is 18.9 Å². The monoisotopic (exact) mass is 374 g/mol. The van der Waals surface area contributed by atoms with Crippen molar-refractivity contribution in [2.75, 3.05) is 34.2 Å². The van der Waals surface area contributed by atoms with Gasteiger partial charge in [0.1, 0.15) is 11.5 Å². The van der Waals surface area contributed by atoms with Gasteiger partial charge in [-0.3, -0.25) is 4.79 Å². The van der Waals surface area contributed by atoms with Gasteiger partial charge in [0, 0.05) is 18.7 Å². The molecule has 0 heterocycles. The lowest BCUT2D eigenvalue weighted by atomic mass is 9.48. The van der Waals surface area contributed by atoms with Gasteiger partial charge in [-0.1, -0.05) is 0 Å². The number of rotatable bonds is 9. The molecule has 0 aliphatic heterocycles. The highest BCUT2D eigenvalue weighted by Crippen LogP contribution is 2.62. The minimum atomic E-state index is 0.0874. The number of hydrogen-bond acceptors (Lipinski definition) is 5. The fourth-order valence-corrected chi connectivity index (χ4v) is 6.13. The predicted molar refractivity (Wildman–Crippen MR) is 102 cm³/mol. The molecule has 27 heavy (non-hydrogen) atoms. The average molecular weight is 374 g/mol. The maximum atomic E-state index is 11.8. The summed E-state index contributed by atoms with van der Waals surface area (Å²) in [7, 11) is 3.33. The summed E-state index contributed by atoms with van der Waals surface area (Å²) in [6.07, 6.45) is 8.75. The van der Waals surface area contributed by atoms with Crippen LogP contribution in [0.2, 0.25) is 0 Å². The summed E-state index contributed by atoms with van der Waals surface area (Å²) in [6.45, 7) is 1.05. The number of carbonyl (C=O) groups is 1. The van der Waals surface area contributed by atoms with E-state index in [2.05, 4.69) is 0 Å². The van der Waals surface area contributed by atoms with Crippen molar-refractivity contribution < 1.29 is 23.7 Å². The lowest BCUT2D eigenvalue weighted by Crippen LogP contribution is -2.48. The molecule has 0 spiro atoms. The highest BCUT2D eigenvalue weighted by Gasteiger charge is 2.52.